The average molecular weight is 390 g/mol. The van der Waals surface area contributed by atoms with Crippen LogP contribution in [-0.2, 0) is 9.53 Å². The number of methoxy groups -OCH3 is 2. The van der Waals surface area contributed by atoms with Crippen LogP contribution < -0.4 is 10.1 Å². The van der Waals surface area contributed by atoms with Crippen molar-refractivity contribution in [2.45, 2.75) is 0 Å². The van der Waals surface area contributed by atoms with Gasteiger partial charge in [-0.2, -0.15) is 0 Å². The van der Waals surface area contributed by atoms with E-state index in [0.29, 0.717) is 11.3 Å². The molecule has 1 amide bonds. The van der Waals surface area contributed by atoms with Crippen LogP contribution in [0.4, 0.5) is 0 Å². The molecule has 24 heavy (non-hydrogen) atoms. The molecule has 0 atom stereocenters. The highest BCUT2D eigenvalue weighted by Gasteiger charge is 2.15. The largest absolute Gasteiger partial charge is 0.497 e. The lowest BCUT2D eigenvalue weighted by atomic mass is 10.1. The molecule has 0 spiro atoms. The second-order valence-electron chi connectivity index (χ2n) is 4.79. The Morgan fingerprint density at radius 3 is 2.38 bits per heavy atom. The van der Waals surface area contributed by atoms with Gasteiger partial charge >= 0.3 is 5.97 Å². The molecule has 5 nitrogen and oxygen atoms in total. The SMILES string of the molecule is COC(=O)/C(=C\c1ccc(OC)cc1)NC(=O)c1cccc(Br)c1. The van der Waals surface area contributed by atoms with Crippen molar-refractivity contribution >= 4 is 33.9 Å². The molecular weight excluding hydrogens is 374 g/mol. The van der Waals surface area contributed by atoms with E-state index in [1.165, 1.54) is 7.11 Å². The number of carbonyl (C=O) groups excluding carboxylic acids is 2. The third-order valence-corrected chi connectivity index (χ3v) is 3.66. The summed E-state index contributed by atoms with van der Waals surface area (Å²) in [6.45, 7) is 0. The number of amides is 1. The van der Waals surface area contributed by atoms with E-state index in [1.807, 2.05) is 6.07 Å². The normalized spacial score (nSPS) is 10.9. The van der Waals surface area contributed by atoms with Crippen molar-refractivity contribution in [2.75, 3.05) is 14.2 Å². The van der Waals surface area contributed by atoms with Gasteiger partial charge in [0.1, 0.15) is 11.4 Å². The van der Waals surface area contributed by atoms with Gasteiger partial charge in [-0.1, -0.05) is 34.1 Å². The number of ether oxygens (including phenoxy) is 2. The summed E-state index contributed by atoms with van der Waals surface area (Å²) in [5.74, 6) is -0.333. The van der Waals surface area contributed by atoms with Crippen LogP contribution in [-0.4, -0.2) is 26.1 Å². The summed E-state index contributed by atoms with van der Waals surface area (Å²) in [5, 5.41) is 2.58. The van der Waals surface area contributed by atoms with E-state index in [1.54, 1.807) is 55.7 Å². The van der Waals surface area contributed by atoms with Crippen molar-refractivity contribution in [3.63, 3.8) is 0 Å². The number of carbonyl (C=O) groups is 2. The van der Waals surface area contributed by atoms with Crippen LogP contribution in [0.2, 0.25) is 0 Å². The Morgan fingerprint density at radius 1 is 1.08 bits per heavy atom. The summed E-state index contributed by atoms with van der Waals surface area (Å²) in [6.07, 6.45) is 1.54. The molecule has 0 heterocycles. The van der Waals surface area contributed by atoms with Gasteiger partial charge in [0.2, 0.25) is 0 Å². The minimum Gasteiger partial charge on any atom is -0.497 e. The fourth-order valence-corrected chi connectivity index (χ4v) is 2.35. The summed E-state index contributed by atoms with van der Waals surface area (Å²) in [4.78, 5) is 24.3. The van der Waals surface area contributed by atoms with Gasteiger partial charge in [0, 0.05) is 10.0 Å². The molecule has 0 radical (unpaired) electrons. The average Bonchev–Trinajstić information content (AvgIpc) is 2.61. The fraction of sp³-hybridized carbons (Fsp3) is 0.111. The fourth-order valence-electron chi connectivity index (χ4n) is 1.95. The van der Waals surface area contributed by atoms with E-state index in [-0.39, 0.29) is 5.70 Å². The van der Waals surface area contributed by atoms with Crippen LogP contribution >= 0.6 is 15.9 Å². The molecule has 0 aliphatic heterocycles. The topological polar surface area (TPSA) is 64.6 Å². The van der Waals surface area contributed by atoms with Gasteiger partial charge in [-0.15, -0.1) is 0 Å². The molecule has 124 valence electrons. The first kappa shape index (κ1) is 17.7. The van der Waals surface area contributed by atoms with Crippen LogP contribution in [0.15, 0.2) is 58.7 Å². The summed E-state index contributed by atoms with van der Waals surface area (Å²) in [5.41, 5.74) is 1.20. The molecule has 2 aromatic rings. The Labute approximate surface area is 148 Å². The van der Waals surface area contributed by atoms with Crippen molar-refractivity contribution < 1.29 is 19.1 Å². The van der Waals surface area contributed by atoms with Gasteiger partial charge in [-0.3, -0.25) is 4.79 Å². The zero-order valence-corrected chi connectivity index (χ0v) is 14.8. The quantitative estimate of drug-likeness (QED) is 0.628. The van der Waals surface area contributed by atoms with Gasteiger partial charge in [0.25, 0.3) is 5.91 Å². The molecule has 0 aliphatic carbocycles. The van der Waals surface area contributed by atoms with E-state index < -0.39 is 11.9 Å². The Kier molecular flexibility index (Phi) is 6.14. The van der Waals surface area contributed by atoms with Crippen molar-refractivity contribution in [1.29, 1.82) is 0 Å². The molecule has 2 rings (SSSR count). The molecule has 2 aromatic carbocycles. The number of nitrogens with one attached hydrogen (secondary N) is 1. The second-order valence-corrected chi connectivity index (χ2v) is 5.70. The highest BCUT2D eigenvalue weighted by molar-refractivity contribution is 9.10. The van der Waals surface area contributed by atoms with Gasteiger partial charge in [-0.05, 0) is 42.0 Å². The Bertz CT molecular complexity index is 769. The standard InChI is InChI=1S/C18H16BrNO4/c1-23-15-8-6-12(7-9-15)10-16(18(22)24-2)20-17(21)13-4-3-5-14(19)11-13/h3-11H,1-2H3,(H,20,21)/b16-10+. The maximum atomic E-state index is 12.3. The molecule has 0 aromatic heterocycles. The lowest BCUT2D eigenvalue weighted by Crippen LogP contribution is -2.28. The Morgan fingerprint density at radius 2 is 1.79 bits per heavy atom. The highest BCUT2D eigenvalue weighted by atomic mass is 79.9. The monoisotopic (exact) mass is 389 g/mol. The van der Waals surface area contributed by atoms with Crippen LogP contribution in [0.1, 0.15) is 15.9 Å². The van der Waals surface area contributed by atoms with Crippen molar-refractivity contribution in [1.82, 2.24) is 5.32 Å². The van der Waals surface area contributed by atoms with Crippen LogP contribution in [0.5, 0.6) is 5.75 Å². The number of halogens is 1. The number of hydrogen-bond acceptors (Lipinski definition) is 4. The maximum Gasteiger partial charge on any atom is 0.354 e. The molecule has 0 bridgehead atoms. The number of hydrogen-bond donors (Lipinski definition) is 1. The first-order valence-corrected chi connectivity index (χ1v) is 7.84. The lowest BCUT2D eigenvalue weighted by Gasteiger charge is -2.09. The molecule has 0 unspecified atom stereocenters. The number of esters is 1. The van der Waals surface area contributed by atoms with E-state index in [4.69, 9.17) is 9.47 Å². The molecular formula is C18H16BrNO4. The predicted molar refractivity (Wildman–Crippen MR) is 94.6 cm³/mol. The maximum absolute atomic E-state index is 12.3. The van der Waals surface area contributed by atoms with Crippen LogP contribution in [0.25, 0.3) is 6.08 Å². The predicted octanol–water partition coefficient (Wildman–Crippen LogP) is 3.40. The molecule has 0 saturated carbocycles. The smallest absolute Gasteiger partial charge is 0.354 e. The van der Waals surface area contributed by atoms with E-state index in [9.17, 15) is 9.59 Å². The summed E-state index contributed by atoms with van der Waals surface area (Å²) in [6, 6.07) is 13.9. The van der Waals surface area contributed by atoms with Crippen molar-refractivity contribution in [3.8, 4) is 5.75 Å². The number of benzene rings is 2. The molecule has 0 saturated heterocycles. The molecule has 6 heteroatoms. The van der Waals surface area contributed by atoms with Gasteiger partial charge < -0.3 is 14.8 Å². The first-order chi connectivity index (χ1) is 11.5. The van der Waals surface area contributed by atoms with E-state index >= 15 is 0 Å². The Balaban J connectivity index is 2.26. The van der Waals surface area contributed by atoms with E-state index in [2.05, 4.69) is 21.2 Å². The molecule has 1 N–H and O–H groups in total. The summed E-state index contributed by atoms with van der Waals surface area (Å²) >= 11 is 3.31. The minimum atomic E-state index is -0.630. The minimum absolute atomic E-state index is 0.0487. The second kappa shape index (κ2) is 8.31. The lowest BCUT2D eigenvalue weighted by molar-refractivity contribution is -0.136. The van der Waals surface area contributed by atoms with Gasteiger partial charge in [0.15, 0.2) is 0 Å². The zero-order valence-electron chi connectivity index (χ0n) is 13.2. The summed E-state index contributed by atoms with van der Waals surface area (Å²) < 4.78 is 10.6. The Hall–Kier alpha value is -2.60. The zero-order chi connectivity index (χ0) is 17.5. The van der Waals surface area contributed by atoms with Crippen LogP contribution in [0, 0.1) is 0 Å². The van der Waals surface area contributed by atoms with Crippen LogP contribution in [0.3, 0.4) is 0 Å². The van der Waals surface area contributed by atoms with Gasteiger partial charge in [0.05, 0.1) is 14.2 Å². The third-order valence-electron chi connectivity index (χ3n) is 3.17. The van der Waals surface area contributed by atoms with Crippen molar-refractivity contribution in [2.24, 2.45) is 0 Å². The van der Waals surface area contributed by atoms with Gasteiger partial charge in [-0.25, -0.2) is 4.79 Å². The molecule has 0 fully saturated rings. The number of rotatable bonds is 5. The van der Waals surface area contributed by atoms with Crippen molar-refractivity contribution in [3.05, 3.63) is 69.8 Å². The third kappa shape index (κ3) is 4.70. The highest BCUT2D eigenvalue weighted by Crippen LogP contribution is 2.15. The first-order valence-electron chi connectivity index (χ1n) is 7.04. The summed E-state index contributed by atoms with van der Waals surface area (Å²) in [7, 11) is 2.83. The molecule has 0 aliphatic rings. The van der Waals surface area contributed by atoms with E-state index in [0.717, 1.165) is 10.0 Å².